The van der Waals surface area contributed by atoms with Gasteiger partial charge in [0, 0.05) is 60.4 Å². The van der Waals surface area contributed by atoms with Crippen molar-refractivity contribution in [2.45, 2.75) is 39.5 Å². The standard InChI is InChI=1S/C27H28FN5OS2.C5H12N2/c1-5-15-35-33-20-8-6-7-19(22(20)28)23-24(36-25(32-23)27(2,3)4)21-13-14-29-26(31-21)30-18-11-9-17(16-34)10-12-18;1-7-4-2-6-3-5-7/h6-14,16,33H,5,15H2,1-4H3,(H,29,30,31);6H,2-5H2,1H3. The number of rotatable bonds is 9. The summed E-state index contributed by atoms with van der Waals surface area (Å²) in [6, 6.07) is 14.2. The summed E-state index contributed by atoms with van der Waals surface area (Å²) >= 11 is 2.99. The van der Waals surface area contributed by atoms with E-state index in [0.29, 0.717) is 34.2 Å². The summed E-state index contributed by atoms with van der Waals surface area (Å²) in [5, 5.41) is 7.34. The Labute approximate surface area is 262 Å². The van der Waals surface area contributed by atoms with Crippen LogP contribution < -0.4 is 15.4 Å². The van der Waals surface area contributed by atoms with Gasteiger partial charge < -0.3 is 20.3 Å². The van der Waals surface area contributed by atoms with Crippen LogP contribution in [0.25, 0.3) is 21.8 Å². The van der Waals surface area contributed by atoms with Gasteiger partial charge >= 0.3 is 0 Å². The lowest BCUT2D eigenvalue weighted by atomic mass is 9.98. The molecule has 2 aromatic carbocycles. The first kappa shape index (κ1) is 32.5. The van der Waals surface area contributed by atoms with Crippen molar-refractivity contribution in [3.63, 3.8) is 0 Å². The topological polar surface area (TPSA) is 95.1 Å². The Balaban J connectivity index is 0.000000530. The van der Waals surface area contributed by atoms with Gasteiger partial charge in [0.25, 0.3) is 0 Å². The molecule has 2 aromatic heterocycles. The van der Waals surface area contributed by atoms with Crippen LogP contribution in [0.3, 0.4) is 0 Å². The van der Waals surface area contributed by atoms with Gasteiger partial charge in [0.05, 0.1) is 27.0 Å². The third-order valence-corrected chi connectivity index (χ3v) is 9.02. The van der Waals surface area contributed by atoms with E-state index in [9.17, 15) is 4.79 Å². The molecule has 0 unspecified atom stereocenters. The molecule has 3 N–H and O–H groups in total. The molecule has 1 aliphatic heterocycles. The van der Waals surface area contributed by atoms with Crippen LogP contribution in [0, 0.1) is 5.82 Å². The van der Waals surface area contributed by atoms with Gasteiger partial charge in [0.15, 0.2) is 5.82 Å². The molecule has 3 heterocycles. The predicted molar refractivity (Wildman–Crippen MR) is 179 cm³/mol. The molecule has 1 aliphatic rings. The molecule has 0 aliphatic carbocycles. The predicted octanol–water partition coefficient (Wildman–Crippen LogP) is 7.25. The minimum atomic E-state index is -0.337. The number of benzene rings is 2. The average Bonchev–Trinajstić information content (AvgIpc) is 3.46. The normalized spacial score (nSPS) is 13.6. The number of aldehydes is 1. The highest BCUT2D eigenvalue weighted by atomic mass is 32.2. The summed E-state index contributed by atoms with van der Waals surface area (Å²) in [5.74, 6) is 0.944. The van der Waals surface area contributed by atoms with Crippen LogP contribution in [0.5, 0.6) is 0 Å². The van der Waals surface area contributed by atoms with E-state index in [4.69, 9.17) is 9.97 Å². The van der Waals surface area contributed by atoms with Gasteiger partial charge in [-0.2, -0.15) is 0 Å². The van der Waals surface area contributed by atoms with E-state index in [2.05, 4.69) is 60.0 Å². The van der Waals surface area contributed by atoms with Crippen molar-refractivity contribution < 1.29 is 9.18 Å². The highest BCUT2D eigenvalue weighted by Crippen LogP contribution is 2.42. The van der Waals surface area contributed by atoms with Crippen LogP contribution >= 0.6 is 23.3 Å². The molecule has 5 rings (SSSR count). The fraction of sp³-hybridized carbons (Fsp3) is 0.375. The Morgan fingerprint density at radius 2 is 1.84 bits per heavy atom. The summed E-state index contributed by atoms with van der Waals surface area (Å²) in [7, 11) is 2.15. The summed E-state index contributed by atoms with van der Waals surface area (Å²) in [6.07, 6.45) is 3.46. The number of piperazine rings is 1. The van der Waals surface area contributed by atoms with Gasteiger partial charge in [-0.25, -0.2) is 19.3 Å². The summed E-state index contributed by atoms with van der Waals surface area (Å²) in [6.45, 7) is 13.1. The lowest BCUT2D eigenvalue weighted by Gasteiger charge is -2.21. The van der Waals surface area contributed by atoms with Crippen molar-refractivity contribution >= 4 is 46.9 Å². The zero-order valence-corrected chi connectivity index (χ0v) is 27.0. The Morgan fingerprint density at radius 1 is 1.09 bits per heavy atom. The van der Waals surface area contributed by atoms with Crippen LogP contribution in [0.1, 0.15) is 49.5 Å². The van der Waals surface area contributed by atoms with Crippen molar-refractivity contribution in [2.75, 3.05) is 49.0 Å². The van der Waals surface area contributed by atoms with Crippen LogP contribution in [-0.2, 0) is 5.41 Å². The fourth-order valence-electron chi connectivity index (χ4n) is 4.12. The number of anilines is 3. The molecule has 43 heavy (non-hydrogen) atoms. The number of nitrogens with zero attached hydrogens (tertiary/aromatic N) is 4. The molecule has 0 saturated carbocycles. The van der Waals surface area contributed by atoms with E-state index in [1.807, 2.05) is 6.07 Å². The SMILES string of the molecule is CCCSNc1cccc(-c2nc(C(C)(C)C)sc2-c2ccnc(Nc3ccc(C=O)cc3)n2)c1F.CN1CCNCC1. The number of halogens is 1. The van der Waals surface area contributed by atoms with Gasteiger partial charge in [-0.3, -0.25) is 4.79 Å². The number of hydrogen-bond donors (Lipinski definition) is 3. The second-order valence-electron chi connectivity index (χ2n) is 11.2. The van der Waals surface area contributed by atoms with E-state index in [0.717, 1.165) is 47.1 Å². The molecular weight excluding hydrogens is 582 g/mol. The van der Waals surface area contributed by atoms with Crippen molar-refractivity contribution in [2.24, 2.45) is 0 Å². The lowest BCUT2D eigenvalue weighted by Crippen LogP contribution is -2.40. The van der Waals surface area contributed by atoms with Gasteiger partial charge in [-0.05, 0) is 55.9 Å². The molecule has 0 bridgehead atoms. The Hall–Kier alpha value is -3.38. The van der Waals surface area contributed by atoms with Crippen LogP contribution in [0.15, 0.2) is 54.7 Å². The van der Waals surface area contributed by atoms with Crippen LogP contribution in [-0.4, -0.2) is 65.1 Å². The molecule has 0 atom stereocenters. The number of aromatic nitrogens is 3. The van der Waals surface area contributed by atoms with Gasteiger partial charge in [-0.15, -0.1) is 11.3 Å². The molecule has 228 valence electrons. The number of likely N-dealkylation sites (N-methyl/N-ethyl adjacent to an activating group) is 1. The van der Waals surface area contributed by atoms with E-state index in [1.165, 1.54) is 36.4 Å². The second-order valence-corrected chi connectivity index (χ2v) is 13.1. The molecule has 1 fully saturated rings. The quantitative estimate of drug-likeness (QED) is 0.101. The van der Waals surface area contributed by atoms with E-state index in [-0.39, 0.29) is 11.2 Å². The summed E-state index contributed by atoms with van der Waals surface area (Å²) in [4.78, 5) is 28.0. The van der Waals surface area contributed by atoms with Crippen molar-refractivity contribution in [3.05, 3.63) is 71.1 Å². The molecule has 0 spiro atoms. The molecule has 0 radical (unpaired) electrons. The molecule has 1 saturated heterocycles. The van der Waals surface area contributed by atoms with Crippen molar-refractivity contribution in [3.8, 4) is 21.8 Å². The molecule has 8 nitrogen and oxygen atoms in total. The molecule has 0 amide bonds. The van der Waals surface area contributed by atoms with E-state index < -0.39 is 0 Å². The van der Waals surface area contributed by atoms with Gasteiger partial charge in [-0.1, -0.05) is 45.7 Å². The third kappa shape index (κ3) is 9.06. The number of nitrogens with one attached hydrogen (secondary N) is 3. The fourth-order valence-corrected chi connectivity index (χ4v) is 5.84. The van der Waals surface area contributed by atoms with Gasteiger partial charge in [0.1, 0.15) is 6.29 Å². The number of thiazole rings is 1. The van der Waals surface area contributed by atoms with Crippen LogP contribution in [0.2, 0.25) is 0 Å². The minimum absolute atomic E-state index is 0.213. The second kappa shape index (κ2) is 15.4. The molecular formula is C32H40FN7OS2. The van der Waals surface area contributed by atoms with E-state index in [1.54, 1.807) is 48.7 Å². The zero-order valence-electron chi connectivity index (χ0n) is 25.4. The number of hydrogen-bond acceptors (Lipinski definition) is 10. The van der Waals surface area contributed by atoms with Crippen LogP contribution in [0.4, 0.5) is 21.7 Å². The smallest absolute Gasteiger partial charge is 0.227 e. The Morgan fingerprint density at radius 3 is 2.47 bits per heavy atom. The highest BCUT2D eigenvalue weighted by molar-refractivity contribution is 8.00. The maximum atomic E-state index is 15.6. The molecule has 4 aromatic rings. The first-order chi connectivity index (χ1) is 20.7. The van der Waals surface area contributed by atoms with Crippen molar-refractivity contribution in [1.29, 1.82) is 0 Å². The molecule has 11 heteroatoms. The Bertz CT molecular complexity index is 1480. The highest BCUT2D eigenvalue weighted by Gasteiger charge is 2.26. The first-order valence-electron chi connectivity index (χ1n) is 14.4. The van der Waals surface area contributed by atoms with Gasteiger partial charge in [0.2, 0.25) is 5.95 Å². The van der Waals surface area contributed by atoms with Crippen molar-refractivity contribution in [1.82, 2.24) is 25.2 Å². The van der Waals surface area contributed by atoms with E-state index >= 15 is 4.39 Å². The summed E-state index contributed by atoms with van der Waals surface area (Å²) in [5.41, 5.74) is 3.21. The average molecular weight is 622 g/mol. The third-order valence-electron chi connectivity index (χ3n) is 6.54. The minimum Gasteiger partial charge on any atom is -0.327 e. The Kier molecular flexibility index (Phi) is 11.6. The first-order valence-corrected chi connectivity index (χ1v) is 16.2. The maximum absolute atomic E-state index is 15.6. The maximum Gasteiger partial charge on any atom is 0.227 e. The number of carbonyl (C=O) groups is 1. The zero-order chi connectivity index (χ0) is 30.8. The lowest BCUT2D eigenvalue weighted by molar-refractivity contribution is 0.112. The largest absolute Gasteiger partial charge is 0.327 e. The number of carbonyl (C=O) groups excluding carboxylic acids is 1. The summed E-state index contributed by atoms with van der Waals surface area (Å²) < 4.78 is 18.8. The monoisotopic (exact) mass is 621 g/mol.